The lowest BCUT2D eigenvalue weighted by molar-refractivity contribution is -0.0719. The van der Waals surface area contributed by atoms with Gasteiger partial charge in [0.1, 0.15) is 0 Å². The Balaban J connectivity index is 1.66. The van der Waals surface area contributed by atoms with E-state index in [1.54, 1.807) is 0 Å². The van der Waals surface area contributed by atoms with Crippen LogP contribution in [0.15, 0.2) is 0 Å². The van der Waals surface area contributed by atoms with Crippen molar-refractivity contribution in [2.75, 3.05) is 26.2 Å². The van der Waals surface area contributed by atoms with E-state index in [2.05, 4.69) is 10.2 Å². The number of fused-ring (bicyclic) bond motifs is 1. The van der Waals surface area contributed by atoms with Crippen molar-refractivity contribution in [3.8, 4) is 0 Å². The second-order valence-corrected chi connectivity index (χ2v) is 5.50. The van der Waals surface area contributed by atoms with Gasteiger partial charge >= 0.3 is 0 Å². The predicted molar refractivity (Wildman–Crippen MR) is 64.6 cm³/mol. The zero-order chi connectivity index (χ0) is 10.8. The van der Waals surface area contributed by atoms with Gasteiger partial charge in [-0.25, -0.2) is 0 Å². The molecule has 2 heterocycles. The molecule has 16 heavy (non-hydrogen) atoms. The number of ether oxygens (including phenoxy) is 1. The molecule has 1 saturated carbocycles. The minimum atomic E-state index is 0.553. The smallest absolute Gasteiger partial charge is 0.0731 e. The standard InChI is InChI=1S/C13H24N2O/c1-2-7-14-10-11(4-1)15-8-9-16-13-6-3-5-12(13)15/h11-14H,1-10H2. The van der Waals surface area contributed by atoms with E-state index in [1.165, 1.54) is 51.6 Å². The summed E-state index contributed by atoms with van der Waals surface area (Å²) >= 11 is 0. The van der Waals surface area contributed by atoms with Gasteiger partial charge in [-0.05, 0) is 38.6 Å². The lowest BCUT2D eigenvalue weighted by Gasteiger charge is -2.42. The first kappa shape index (κ1) is 11.0. The van der Waals surface area contributed by atoms with E-state index in [9.17, 15) is 0 Å². The van der Waals surface area contributed by atoms with Gasteiger partial charge in [-0.2, -0.15) is 0 Å². The van der Waals surface area contributed by atoms with Gasteiger partial charge in [-0.15, -0.1) is 0 Å². The predicted octanol–water partition coefficient (Wildman–Crippen LogP) is 1.38. The number of nitrogens with one attached hydrogen (secondary N) is 1. The summed E-state index contributed by atoms with van der Waals surface area (Å²) in [6.45, 7) is 4.53. The molecule has 3 rings (SSSR count). The van der Waals surface area contributed by atoms with Crippen LogP contribution in [-0.2, 0) is 4.74 Å². The Morgan fingerprint density at radius 1 is 1.06 bits per heavy atom. The number of morpholine rings is 1. The van der Waals surface area contributed by atoms with Crippen molar-refractivity contribution in [2.45, 2.75) is 56.7 Å². The zero-order valence-corrected chi connectivity index (χ0v) is 10.2. The summed E-state index contributed by atoms with van der Waals surface area (Å²) in [5.74, 6) is 0. The fourth-order valence-electron chi connectivity index (χ4n) is 3.69. The van der Waals surface area contributed by atoms with Crippen LogP contribution in [0.4, 0.5) is 0 Å². The molecule has 3 atom stereocenters. The van der Waals surface area contributed by atoms with Gasteiger partial charge in [0.05, 0.1) is 12.7 Å². The molecule has 1 N–H and O–H groups in total. The van der Waals surface area contributed by atoms with Gasteiger partial charge in [-0.1, -0.05) is 6.42 Å². The highest BCUT2D eigenvalue weighted by atomic mass is 16.5. The van der Waals surface area contributed by atoms with Crippen LogP contribution in [0.2, 0.25) is 0 Å². The highest BCUT2D eigenvalue weighted by Gasteiger charge is 2.38. The third-order valence-corrected chi connectivity index (χ3v) is 4.51. The molecular weight excluding hydrogens is 200 g/mol. The number of rotatable bonds is 1. The highest BCUT2D eigenvalue weighted by molar-refractivity contribution is 4.93. The van der Waals surface area contributed by atoms with Crippen molar-refractivity contribution in [3.63, 3.8) is 0 Å². The summed E-state index contributed by atoms with van der Waals surface area (Å²) in [4.78, 5) is 2.76. The summed E-state index contributed by atoms with van der Waals surface area (Å²) in [7, 11) is 0. The van der Waals surface area contributed by atoms with Crippen LogP contribution in [0.25, 0.3) is 0 Å². The van der Waals surface area contributed by atoms with Gasteiger partial charge < -0.3 is 10.1 Å². The first-order chi connectivity index (χ1) is 7.95. The monoisotopic (exact) mass is 224 g/mol. The summed E-state index contributed by atoms with van der Waals surface area (Å²) < 4.78 is 5.89. The largest absolute Gasteiger partial charge is 0.375 e. The molecule has 0 spiro atoms. The highest BCUT2D eigenvalue weighted by Crippen LogP contribution is 2.31. The Labute approximate surface area is 98.5 Å². The molecular formula is C13H24N2O. The third-order valence-electron chi connectivity index (χ3n) is 4.51. The molecule has 92 valence electrons. The second kappa shape index (κ2) is 5.03. The van der Waals surface area contributed by atoms with Crippen molar-refractivity contribution in [1.29, 1.82) is 0 Å². The quantitative estimate of drug-likeness (QED) is 0.728. The van der Waals surface area contributed by atoms with Crippen molar-refractivity contribution < 1.29 is 4.74 Å². The Morgan fingerprint density at radius 3 is 3.06 bits per heavy atom. The molecule has 3 nitrogen and oxygen atoms in total. The summed E-state index contributed by atoms with van der Waals surface area (Å²) in [5.41, 5.74) is 0. The molecule has 3 aliphatic rings. The van der Waals surface area contributed by atoms with Crippen molar-refractivity contribution in [3.05, 3.63) is 0 Å². The fourth-order valence-corrected chi connectivity index (χ4v) is 3.69. The van der Waals surface area contributed by atoms with Crippen molar-refractivity contribution >= 4 is 0 Å². The minimum Gasteiger partial charge on any atom is -0.375 e. The van der Waals surface area contributed by atoms with E-state index in [-0.39, 0.29) is 0 Å². The lowest BCUT2D eigenvalue weighted by Crippen LogP contribution is -2.55. The van der Waals surface area contributed by atoms with E-state index >= 15 is 0 Å². The molecule has 1 aliphatic carbocycles. The Bertz CT molecular complexity index is 226. The van der Waals surface area contributed by atoms with E-state index < -0.39 is 0 Å². The van der Waals surface area contributed by atoms with Crippen LogP contribution < -0.4 is 5.32 Å². The Hall–Kier alpha value is -0.120. The first-order valence-electron chi connectivity index (χ1n) is 7.03. The van der Waals surface area contributed by atoms with Gasteiger partial charge in [0, 0.05) is 25.2 Å². The molecule has 3 fully saturated rings. The number of nitrogens with zero attached hydrogens (tertiary/aromatic N) is 1. The van der Waals surface area contributed by atoms with Crippen molar-refractivity contribution in [2.24, 2.45) is 0 Å². The van der Waals surface area contributed by atoms with Gasteiger partial charge in [0.25, 0.3) is 0 Å². The van der Waals surface area contributed by atoms with Crippen LogP contribution >= 0.6 is 0 Å². The van der Waals surface area contributed by atoms with Crippen molar-refractivity contribution in [1.82, 2.24) is 10.2 Å². The van der Waals surface area contributed by atoms with E-state index in [1.807, 2.05) is 0 Å². The van der Waals surface area contributed by atoms with Crippen LogP contribution in [0.1, 0.15) is 38.5 Å². The van der Waals surface area contributed by atoms with Crippen LogP contribution in [0, 0.1) is 0 Å². The second-order valence-electron chi connectivity index (χ2n) is 5.50. The molecule has 0 aromatic carbocycles. The zero-order valence-electron chi connectivity index (χ0n) is 10.2. The molecule has 0 amide bonds. The number of hydrogen-bond acceptors (Lipinski definition) is 3. The first-order valence-corrected chi connectivity index (χ1v) is 7.03. The summed E-state index contributed by atoms with van der Waals surface area (Å²) in [6, 6.07) is 1.51. The van der Waals surface area contributed by atoms with Gasteiger partial charge in [-0.3, -0.25) is 4.90 Å². The van der Waals surface area contributed by atoms with Crippen LogP contribution in [-0.4, -0.2) is 49.3 Å². The lowest BCUT2D eigenvalue weighted by atomic mass is 10.0. The average Bonchev–Trinajstić information content (AvgIpc) is 2.63. The van der Waals surface area contributed by atoms with E-state index in [0.717, 1.165) is 25.2 Å². The molecule has 0 radical (unpaired) electrons. The third kappa shape index (κ3) is 2.13. The normalized spacial score (nSPS) is 41.6. The topological polar surface area (TPSA) is 24.5 Å². The SMILES string of the molecule is C1CCC(N2CCOC3CCCC32)CNC1. The van der Waals surface area contributed by atoms with Gasteiger partial charge in [0.15, 0.2) is 0 Å². The fraction of sp³-hybridized carbons (Fsp3) is 1.00. The summed E-state index contributed by atoms with van der Waals surface area (Å²) in [6.07, 6.45) is 8.71. The van der Waals surface area contributed by atoms with Crippen LogP contribution in [0.5, 0.6) is 0 Å². The number of hydrogen-bond donors (Lipinski definition) is 1. The molecule has 2 saturated heterocycles. The van der Waals surface area contributed by atoms with Crippen LogP contribution in [0.3, 0.4) is 0 Å². The molecule has 3 unspecified atom stereocenters. The average molecular weight is 224 g/mol. The minimum absolute atomic E-state index is 0.553. The maximum atomic E-state index is 5.89. The van der Waals surface area contributed by atoms with Gasteiger partial charge in [0.2, 0.25) is 0 Å². The molecule has 2 aliphatic heterocycles. The molecule has 0 bridgehead atoms. The maximum absolute atomic E-state index is 5.89. The van der Waals surface area contributed by atoms with E-state index in [4.69, 9.17) is 4.74 Å². The Morgan fingerprint density at radius 2 is 2.06 bits per heavy atom. The van der Waals surface area contributed by atoms with E-state index in [0.29, 0.717) is 6.10 Å². The molecule has 0 aromatic rings. The molecule has 3 heteroatoms. The molecule has 0 aromatic heterocycles. The summed E-state index contributed by atoms with van der Waals surface area (Å²) in [5, 5.41) is 3.59. The Kier molecular flexibility index (Phi) is 3.46. The maximum Gasteiger partial charge on any atom is 0.0731 e.